The molecule has 8 aromatic rings. The van der Waals surface area contributed by atoms with Gasteiger partial charge in [0.2, 0.25) is 0 Å². The Balaban J connectivity index is 1.28. The van der Waals surface area contributed by atoms with Gasteiger partial charge in [-0.25, -0.2) is 0 Å². The molecule has 0 bridgehead atoms. The highest BCUT2D eigenvalue weighted by Crippen LogP contribution is 2.44. The molecular weight excluding hydrogens is 648 g/mol. The lowest BCUT2D eigenvalue weighted by Gasteiger charge is -2.16. The van der Waals surface area contributed by atoms with Gasteiger partial charge in [0.15, 0.2) is 6.33 Å². The number of rotatable bonds is 7. The molecule has 11 heteroatoms. The predicted molar refractivity (Wildman–Crippen MR) is 197 cm³/mol. The molecule has 0 spiro atoms. The van der Waals surface area contributed by atoms with Crippen molar-refractivity contribution in [1.82, 2.24) is 34.9 Å². The third-order valence-corrected chi connectivity index (χ3v) is 14.0. The van der Waals surface area contributed by atoms with Crippen molar-refractivity contribution in [2.75, 3.05) is 13.3 Å². The normalized spacial score (nSPS) is 14.0. The van der Waals surface area contributed by atoms with Crippen LogP contribution in [0.3, 0.4) is 0 Å². The fourth-order valence-corrected chi connectivity index (χ4v) is 9.82. The molecule has 0 aliphatic carbocycles. The zero-order chi connectivity index (χ0) is 33.6. The molecule has 0 saturated heterocycles. The van der Waals surface area contributed by atoms with E-state index >= 15 is 0 Å². The van der Waals surface area contributed by atoms with Crippen LogP contribution in [0.4, 0.5) is 0 Å². The Morgan fingerprint density at radius 1 is 0.510 bits per heavy atom. The maximum Gasteiger partial charge on any atom is 0.273 e. The maximum absolute atomic E-state index is 14.7. The molecule has 0 N–H and O–H groups in total. The van der Waals surface area contributed by atoms with Crippen molar-refractivity contribution in [2.24, 2.45) is 0 Å². The van der Waals surface area contributed by atoms with Gasteiger partial charge >= 0.3 is 0 Å². The first-order valence-corrected chi connectivity index (χ1v) is 19.9. The Bertz CT molecular complexity index is 2440. The van der Waals surface area contributed by atoms with Crippen LogP contribution in [-0.2, 0) is 9.13 Å². The first-order chi connectivity index (χ1) is 23.8. The summed E-state index contributed by atoms with van der Waals surface area (Å²) >= 11 is 0. The number of aromatic nitrogens is 7. The lowest BCUT2D eigenvalue weighted by molar-refractivity contribution is 0.589. The molecule has 9 nitrogen and oxygen atoms in total. The SMILES string of the molecule is CP(=O)(c1cccc(-c2ccccn2)c1)c1ccc2c3ccc(P(C)(=O)c4cccc(-c5ccccn5)c4)cc3n(-c3nncnn3)c2c1. The third-order valence-electron chi connectivity index (χ3n) is 8.92. The van der Waals surface area contributed by atoms with Crippen LogP contribution in [0.15, 0.2) is 140 Å². The zero-order valence-corrected chi connectivity index (χ0v) is 28.4. The van der Waals surface area contributed by atoms with Crippen molar-refractivity contribution in [1.29, 1.82) is 0 Å². The van der Waals surface area contributed by atoms with Crippen LogP contribution in [0.2, 0.25) is 0 Å². The Kier molecular flexibility index (Phi) is 7.59. The molecule has 2 atom stereocenters. The van der Waals surface area contributed by atoms with E-state index in [0.717, 1.165) is 54.9 Å². The van der Waals surface area contributed by atoms with Gasteiger partial charge in [-0.05, 0) is 61.9 Å². The van der Waals surface area contributed by atoms with Crippen LogP contribution in [0.5, 0.6) is 0 Å². The monoisotopic (exact) mass is 677 g/mol. The summed E-state index contributed by atoms with van der Waals surface area (Å²) in [6, 6.07) is 38.6. The molecule has 0 amide bonds. The van der Waals surface area contributed by atoms with Gasteiger partial charge in [-0.3, -0.25) is 14.5 Å². The summed E-state index contributed by atoms with van der Waals surface area (Å²) in [4.78, 5) is 8.95. The highest BCUT2D eigenvalue weighted by molar-refractivity contribution is 7.78. The molecule has 0 aliphatic rings. The van der Waals surface area contributed by atoms with Crippen molar-refractivity contribution in [2.45, 2.75) is 0 Å². The van der Waals surface area contributed by atoms with Gasteiger partial charge < -0.3 is 9.13 Å². The molecule has 4 aromatic heterocycles. The molecule has 8 rings (SSSR count). The minimum Gasteiger partial charge on any atom is -0.314 e. The third kappa shape index (κ3) is 5.47. The van der Waals surface area contributed by atoms with Crippen LogP contribution in [0, 0.1) is 0 Å². The first-order valence-electron chi connectivity index (χ1n) is 15.6. The predicted octanol–water partition coefficient (Wildman–Crippen LogP) is 6.38. The summed E-state index contributed by atoms with van der Waals surface area (Å²) in [6.07, 6.45) is 4.77. The molecule has 49 heavy (non-hydrogen) atoms. The van der Waals surface area contributed by atoms with E-state index in [1.807, 2.05) is 126 Å². The van der Waals surface area contributed by atoms with Gasteiger partial charge in [0.1, 0.15) is 14.3 Å². The number of benzene rings is 4. The molecule has 4 heterocycles. The van der Waals surface area contributed by atoms with Crippen molar-refractivity contribution < 1.29 is 9.13 Å². The van der Waals surface area contributed by atoms with Crippen molar-refractivity contribution in [3.63, 3.8) is 0 Å². The Morgan fingerprint density at radius 3 is 1.43 bits per heavy atom. The topological polar surface area (TPSA) is 116 Å². The van der Waals surface area contributed by atoms with Gasteiger partial charge in [0, 0.05) is 55.5 Å². The number of hydrogen-bond donors (Lipinski definition) is 0. The summed E-state index contributed by atoms with van der Waals surface area (Å²) < 4.78 is 31.2. The van der Waals surface area contributed by atoms with Crippen LogP contribution < -0.4 is 21.2 Å². The fourth-order valence-electron chi connectivity index (χ4n) is 6.26. The molecule has 238 valence electrons. The maximum atomic E-state index is 14.7. The quantitative estimate of drug-likeness (QED) is 0.179. The highest BCUT2D eigenvalue weighted by atomic mass is 31.2. The molecule has 0 fully saturated rings. The largest absolute Gasteiger partial charge is 0.314 e. The van der Waals surface area contributed by atoms with Crippen LogP contribution in [0.25, 0.3) is 50.3 Å². The summed E-state index contributed by atoms with van der Waals surface area (Å²) in [5, 5.41) is 21.2. The van der Waals surface area contributed by atoms with E-state index in [4.69, 9.17) is 0 Å². The average Bonchev–Trinajstić information content (AvgIpc) is 3.49. The van der Waals surface area contributed by atoms with E-state index < -0.39 is 14.3 Å². The smallest absolute Gasteiger partial charge is 0.273 e. The van der Waals surface area contributed by atoms with Crippen LogP contribution in [0.1, 0.15) is 0 Å². The second-order valence-electron chi connectivity index (χ2n) is 12.0. The number of fused-ring (bicyclic) bond motifs is 3. The summed E-state index contributed by atoms with van der Waals surface area (Å²) in [5.74, 6) is 0.253. The second-order valence-corrected chi connectivity index (χ2v) is 17.7. The van der Waals surface area contributed by atoms with E-state index in [-0.39, 0.29) is 5.95 Å². The molecular formula is C38H29N7O2P2. The summed E-state index contributed by atoms with van der Waals surface area (Å²) in [6.45, 7) is 3.57. The number of nitrogens with zero attached hydrogens (tertiary/aromatic N) is 7. The molecule has 0 aliphatic heterocycles. The highest BCUT2D eigenvalue weighted by Gasteiger charge is 2.27. The van der Waals surface area contributed by atoms with Gasteiger partial charge in [0.05, 0.1) is 22.4 Å². The standard InChI is InChI=1S/C38H29N7O2P2/c1-48(46,28-11-7-9-26(21-28)34-13-3-5-19-39-34)30-15-17-32-33-18-16-31(24-37(33)45(36(32)23-30)38-43-41-25-42-44-38)49(2,47)29-12-8-10-27(22-29)35-14-4-6-20-40-35/h3-25H,1-2H3. The van der Waals surface area contributed by atoms with Gasteiger partial charge in [-0.15, -0.1) is 20.4 Å². The van der Waals surface area contributed by atoms with E-state index in [1.165, 1.54) is 6.33 Å². The van der Waals surface area contributed by atoms with E-state index in [1.54, 1.807) is 25.7 Å². The zero-order valence-electron chi connectivity index (χ0n) is 26.6. The average molecular weight is 678 g/mol. The van der Waals surface area contributed by atoms with E-state index in [9.17, 15) is 9.13 Å². The molecule has 0 radical (unpaired) electrons. The lowest BCUT2D eigenvalue weighted by atomic mass is 10.1. The van der Waals surface area contributed by atoms with Crippen LogP contribution in [-0.4, -0.2) is 48.3 Å². The minimum atomic E-state index is -3.07. The second kappa shape index (κ2) is 12.1. The Labute approximate surface area is 282 Å². The van der Waals surface area contributed by atoms with Crippen molar-refractivity contribution >= 4 is 57.3 Å². The van der Waals surface area contributed by atoms with Crippen LogP contribution >= 0.6 is 14.3 Å². The Hall–Kier alpha value is -5.62. The fraction of sp³-hybridized carbons (Fsp3) is 0.0526. The molecule has 2 unspecified atom stereocenters. The van der Waals surface area contributed by atoms with Gasteiger partial charge in [-0.1, -0.05) is 72.8 Å². The number of pyridine rings is 2. The van der Waals surface area contributed by atoms with E-state index in [2.05, 4.69) is 30.4 Å². The minimum absolute atomic E-state index is 0.253. The van der Waals surface area contributed by atoms with Gasteiger partial charge in [0.25, 0.3) is 5.95 Å². The first kappa shape index (κ1) is 30.7. The molecule has 0 saturated carbocycles. The van der Waals surface area contributed by atoms with Crippen molar-refractivity contribution in [3.8, 4) is 28.5 Å². The lowest BCUT2D eigenvalue weighted by Crippen LogP contribution is -2.16. The van der Waals surface area contributed by atoms with E-state index in [0.29, 0.717) is 10.6 Å². The Morgan fingerprint density at radius 2 is 0.980 bits per heavy atom. The van der Waals surface area contributed by atoms with Crippen molar-refractivity contribution in [3.05, 3.63) is 140 Å². The summed E-state index contributed by atoms with van der Waals surface area (Å²) in [5.41, 5.74) is 4.90. The number of hydrogen-bond acceptors (Lipinski definition) is 8. The molecule has 4 aromatic carbocycles. The van der Waals surface area contributed by atoms with Gasteiger partial charge in [-0.2, -0.15) is 0 Å². The summed E-state index contributed by atoms with van der Waals surface area (Å²) in [7, 11) is -6.15.